The Morgan fingerprint density at radius 3 is 2.67 bits per heavy atom. The SMILES string of the molecule is COc1ccc2[nH]c3c(c2c1)CCC[C@@H]3NC(=O)c1cc2ccc(OC)cc2n1C. The number of ether oxygens (including phenoxy) is 2. The molecule has 1 aliphatic carbocycles. The van der Waals surface area contributed by atoms with Gasteiger partial charge in [0.25, 0.3) is 5.91 Å². The van der Waals surface area contributed by atoms with Crippen molar-refractivity contribution in [1.29, 1.82) is 0 Å². The molecule has 30 heavy (non-hydrogen) atoms. The number of carbonyl (C=O) groups excluding carboxylic acids is 1. The summed E-state index contributed by atoms with van der Waals surface area (Å²) in [4.78, 5) is 16.7. The lowest BCUT2D eigenvalue weighted by atomic mass is 9.91. The first kappa shape index (κ1) is 18.6. The van der Waals surface area contributed by atoms with E-state index in [1.165, 1.54) is 10.9 Å². The van der Waals surface area contributed by atoms with Crippen molar-refractivity contribution in [2.24, 2.45) is 7.05 Å². The standard InChI is InChI=1S/C24H25N3O3/c1-27-21-13-16(30-3)8-7-14(21)11-22(27)24(28)26-20-6-4-5-17-18-12-15(29-2)9-10-19(18)25-23(17)20/h7-13,20,25H,4-6H2,1-3H3,(H,26,28)/t20-/m0/s1. The zero-order chi connectivity index (χ0) is 20.8. The number of aromatic amines is 1. The number of rotatable bonds is 4. The molecule has 0 aliphatic heterocycles. The predicted molar refractivity (Wildman–Crippen MR) is 117 cm³/mol. The molecular formula is C24H25N3O3. The zero-order valence-electron chi connectivity index (χ0n) is 17.4. The third-order valence-electron chi connectivity index (χ3n) is 6.20. The van der Waals surface area contributed by atoms with Gasteiger partial charge in [0.05, 0.1) is 25.8 Å². The highest BCUT2D eigenvalue weighted by Gasteiger charge is 2.27. The Labute approximate surface area is 174 Å². The van der Waals surface area contributed by atoms with Gasteiger partial charge in [-0.05, 0) is 61.2 Å². The topological polar surface area (TPSA) is 68.3 Å². The molecule has 6 heteroatoms. The van der Waals surface area contributed by atoms with E-state index in [0.717, 1.165) is 52.9 Å². The summed E-state index contributed by atoms with van der Waals surface area (Å²) in [6, 6.07) is 13.8. The fourth-order valence-corrected chi connectivity index (χ4v) is 4.60. The van der Waals surface area contributed by atoms with Gasteiger partial charge in [0.1, 0.15) is 17.2 Å². The number of benzene rings is 2. The summed E-state index contributed by atoms with van der Waals surface area (Å²) in [5.74, 6) is 1.56. The quantitative estimate of drug-likeness (QED) is 0.528. The molecule has 0 unspecified atom stereocenters. The summed E-state index contributed by atoms with van der Waals surface area (Å²) < 4.78 is 12.6. The van der Waals surface area contributed by atoms with Gasteiger partial charge in [0, 0.05) is 35.1 Å². The van der Waals surface area contributed by atoms with E-state index in [1.54, 1.807) is 14.2 Å². The highest BCUT2D eigenvalue weighted by atomic mass is 16.5. The fourth-order valence-electron chi connectivity index (χ4n) is 4.60. The summed E-state index contributed by atoms with van der Waals surface area (Å²) in [6.45, 7) is 0. The second kappa shape index (κ2) is 7.13. The maximum atomic E-state index is 13.2. The largest absolute Gasteiger partial charge is 0.497 e. The number of hydrogen-bond donors (Lipinski definition) is 2. The second-order valence-electron chi connectivity index (χ2n) is 7.86. The van der Waals surface area contributed by atoms with Crippen LogP contribution in [0.3, 0.4) is 0 Å². The maximum Gasteiger partial charge on any atom is 0.268 e. The molecule has 2 N–H and O–H groups in total. The Hall–Kier alpha value is -3.41. The van der Waals surface area contributed by atoms with Crippen molar-refractivity contribution in [2.75, 3.05) is 14.2 Å². The third kappa shape index (κ3) is 2.91. The van der Waals surface area contributed by atoms with Gasteiger partial charge in [-0.1, -0.05) is 0 Å². The molecule has 2 heterocycles. The van der Waals surface area contributed by atoms with E-state index in [9.17, 15) is 4.79 Å². The Bertz CT molecular complexity index is 1270. The molecule has 0 saturated carbocycles. The Morgan fingerprint density at radius 1 is 1.10 bits per heavy atom. The van der Waals surface area contributed by atoms with Crippen molar-refractivity contribution in [2.45, 2.75) is 25.3 Å². The minimum Gasteiger partial charge on any atom is -0.497 e. The number of nitrogens with zero attached hydrogens (tertiary/aromatic N) is 1. The summed E-state index contributed by atoms with van der Waals surface area (Å²) in [5.41, 5.74) is 5.09. The Kier molecular flexibility index (Phi) is 4.42. The molecule has 1 atom stereocenters. The van der Waals surface area contributed by atoms with E-state index in [0.29, 0.717) is 5.69 Å². The van der Waals surface area contributed by atoms with Crippen LogP contribution in [0.15, 0.2) is 42.5 Å². The number of amides is 1. The first-order valence-corrected chi connectivity index (χ1v) is 10.2. The van der Waals surface area contributed by atoms with Gasteiger partial charge in [-0.25, -0.2) is 0 Å². The van der Waals surface area contributed by atoms with E-state index >= 15 is 0 Å². The lowest BCUT2D eigenvalue weighted by Crippen LogP contribution is -2.32. The molecule has 2 aromatic heterocycles. The van der Waals surface area contributed by atoms with Gasteiger partial charge in [-0.15, -0.1) is 0 Å². The van der Waals surface area contributed by atoms with Crippen LogP contribution in [0, 0.1) is 0 Å². The number of methoxy groups -OCH3 is 2. The highest BCUT2D eigenvalue weighted by Crippen LogP contribution is 2.36. The van der Waals surface area contributed by atoms with Crippen molar-refractivity contribution in [3.8, 4) is 11.5 Å². The normalized spacial score (nSPS) is 15.9. The van der Waals surface area contributed by atoms with Crippen LogP contribution in [0.5, 0.6) is 11.5 Å². The Morgan fingerprint density at radius 2 is 1.87 bits per heavy atom. The van der Waals surface area contributed by atoms with Gasteiger partial charge >= 0.3 is 0 Å². The van der Waals surface area contributed by atoms with E-state index in [4.69, 9.17) is 9.47 Å². The van der Waals surface area contributed by atoms with Crippen molar-refractivity contribution in [3.63, 3.8) is 0 Å². The van der Waals surface area contributed by atoms with Crippen molar-refractivity contribution in [3.05, 3.63) is 59.4 Å². The summed E-state index contributed by atoms with van der Waals surface area (Å²) >= 11 is 0. The second-order valence-corrected chi connectivity index (χ2v) is 7.86. The van der Waals surface area contributed by atoms with Gasteiger partial charge in [0.2, 0.25) is 0 Å². The lowest BCUT2D eigenvalue weighted by molar-refractivity contribution is 0.0924. The molecule has 4 aromatic rings. The van der Waals surface area contributed by atoms with Gasteiger partial charge in [-0.2, -0.15) is 0 Å². The van der Waals surface area contributed by atoms with Crippen molar-refractivity contribution >= 4 is 27.7 Å². The van der Waals surface area contributed by atoms with Crippen LogP contribution in [0.4, 0.5) is 0 Å². The molecular weight excluding hydrogens is 378 g/mol. The summed E-state index contributed by atoms with van der Waals surface area (Å²) in [7, 11) is 5.25. The van der Waals surface area contributed by atoms with Crippen LogP contribution in [0.1, 0.15) is 40.6 Å². The number of carbonyl (C=O) groups is 1. The van der Waals surface area contributed by atoms with E-state index < -0.39 is 0 Å². The molecule has 6 nitrogen and oxygen atoms in total. The molecule has 0 fully saturated rings. The highest BCUT2D eigenvalue weighted by molar-refractivity contribution is 5.99. The van der Waals surface area contributed by atoms with Crippen molar-refractivity contribution < 1.29 is 14.3 Å². The molecule has 5 rings (SSSR count). The van der Waals surface area contributed by atoms with Gasteiger partial charge in [0.15, 0.2) is 0 Å². The minimum atomic E-state index is -0.0678. The average Bonchev–Trinajstić information content (AvgIpc) is 3.31. The van der Waals surface area contributed by atoms with Gasteiger partial charge in [-0.3, -0.25) is 4.79 Å². The van der Waals surface area contributed by atoms with E-state index in [1.807, 2.05) is 48.0 Å². The monoisotopic (exact) mass is 403 g/mol. The Balaban J connectivity index is 1.48. The lowest BCUT2D eigenvalue weighted by Gasteiger charge is -2.24. The number of fused-ring (bicyclic) bond motifs is 4. The molecule has 154 valence electrons. The molecule has 1 aliphatic rings. The molecule has 0 spiro atoms. The molecule has 0 saturated heterocycles. The number of hydrogen-bond acceptors (Lipinski definition) is 3. The predicted octanol–water partition coefficient (Wildman–Crippen LogP) is 4.48. The number of aryl methyl sites for hydroxylation is 2. The first-order valence-electron chi connectivity index (χ1n) is 10.2. The zero-order valence-corrected chi connectivity index (χ0v) is 17.4. The van der Waals surface area contributed by atoms with Crippen LogP contribution in [0.25, 0.3) is 21.8 Å². The van der Waals surface area contributed by atoms with E-state index in [-0.39, 0.29) is 11.9 Å². The van der Waals surface area contributed by atoms with Crippen LogP contribution < -0.4 is 14.8 Å². The summed E-state index contributed by atoms with van der Waals surface area (Å²) in [5, 5.41) is 5.46. The average molecular weight is 403 g/mol. The summed E-state index contributed by atoms with van der Waals surface area (Å²) in [6.07, 6.45) is 2.96. The van der Waals surface area contributed by atoms with Crippen molar-refractivity contribution in [1.82, 2.24) is 14.9 Å². The molecule has 0 radical (unpaired) electrons. The number of nitrogens with one attached hydrogen (secondary N) is 2. The van der Waals surface area contributed by atoms with Crippen LogP contribution in [0.2, 0.25) is 0 Å². The van der Waals surface area contributed by atoms with Crippen LogP contribution in [-0.2, 0) is 13.5 Å². The number of aromatic nitrogens is 2. The minimum absolute atomic E-state index is 0.0350. The smallest absolute Gasteiger partial charge is 0.268 e. The molecule has 2 aromatic carbocycles. The van der Waals surface area contributed by atoms with Crippen LogP contribution >= 0.6 is 0 Å². The first-order chi connectivity index (χ1) is 14.6. The molecule has 0 bridgehead atoms. The van der Waals surface area contributed by atoms with Crippen LogP contribution in [-0.4, -0.2) is 29.7 Å². The third-order valence-corrected chi connectivity index (χ3v) is 6.20. The number of H-pyrrole nitrogens is 1. The molecule has 1 amide bonds. The van der Waals surface area contributed by atoms with E-state index in [2.05, 4.69) is 16.4 Å². The maximum absolute atomic E-state index is 13.2. The fraction of sp³-hybridized carbons (Fsp3) is 0.292. The van der Waals surface area contributed by atoms with Gasteiger partial charge < -0.3 is 24.3 Å².